The summed E-state index contributed by atoms with van der Waals surface area (Å²) >= 11 is 0. The van der Waals surface area contributed by atoms with Crippen LogP contribution in [0.15, 0.2) is 24.3 Å². The molecule has 2 aromatic rings. The Morgan fingerprint density at radius 1 is 1.21 bits per heavy atom. The molecule has 1 aliphatic carbocycles. The second kappa shape index (κ2) is 7.96. The summed E-state index contributed by atoms with van der Waals surface area (Å²) < 4.78 is 19.1. The molecule has 0 aliphatic heterocycles. The highest BCUT2D eigenvalue weighted by Crippen LogP contribution is 2.29. The van der Waals surface area contributed by atoms with Gasteiger partial charge in [-0.1, -0.05) is 18.2 Å². The van der Waals surface area contributed by atoms with Crippen LogP contribution in [0.3, 0.4) is 0 Å². The molecule has 1 heterocycles. The lowest BCUT2D eigenvalue weighted by Gasteiger charge is -2.22. The molecule has 1 fully saturated rings. The third kappa shape index (κ3) is 4.13. The number of carbonyl (C=O) groups excluding carboxylic acids is 3. The maximum absolute atomic E-state index is 13.9. The van der Waals surface area contributed by atoms with Crippen molar-refractivity contribution in [2.75, 3.05) is 6.61 Å². The Kier molecular flexibility index (Phi) is 5.63. The number of hydrogen-bond acceptors (Lipinski definition) is 4. The number of nitrogens with zero attached hydrogens (tertiary/aromatic N) is 1. The third-order valence-electron chi connectivity index (χ3n) is 4.93. The largest absolute Gasteiger partial charge is 0.451 e. The fourth-order valence-corrected chi connectivity index (χ4v) is 3.38. The van der Waals surface area contributed by atoms with Gasteiger partial charge in [0.1, 0.15) is 11.5 Å². The van der Waals surface area contributed by atoms with Gasteiger partial charge in [0.25, 0.3) is 5.91 Å². The monoisotopic (exact) mass is 386 g/mol. The van der Waals surface area contributed by atoms with Gasteiger partial charge in [-0.2, -0.15) is 0 Å². The number of H-pyrrole nitrogens is 1. The molecule has 6 nitrogen and oxygen atoms in total. The van der Waals surface area contributed by atoms with E-state index in [9.17, 15) is 18.8 Å². The standard InChI is InChI=1S/C21H23FN2O4/c1-12-19(14(3)25)13(2)23-20(12)21(27)28-11-18(26)24(16-8-9-16)10-15-6-4-5-7-17(15)22/h4-7,16,23H,8-11H2,1-3H3. The molecule has 28 heavy (non-hydrogen) atoms. The lowest BCUT2D eigenvalue weighted by atomic mass is 10.1. The molecule has 1 aromatic carbocycles. The minimum absolute atomic E-state index is 0.0459. The molecular formula is C21H23FN2O4. The van der Waals surface area contributed by atoms with Gasteiger partial charge in [0.15, 0.2) is 12.4 Å². The number of halogens is 1. The predicted octanol–water partition coefficient (Wildman–Crippen LogP) is 3.32. The highest BCUT2D eigenvalue weighted by Gasteiger charge is 2.33. The molecule has 0 bridgehead atoms. The van der Waals surface area contributed by atoms with Gasteiger partial charge in [0.05, 0.1) is 0 Å². The Bertz CT molecular complexity index is 930. The van der Waals surface area contributed by atoms with Crippen LogP contribution >= 0.6 is 0 Å². The van der Waals surface area contributed by atoms with Gasteiger partial charge in [-0.3, -0.25) is 9.59 Å². The van der Waals surface area contributed by atoms with Gasteiger partial charge in [0.2, 0.25) is 0 Å². The van der Waals surface area contributed by atoms with Crippen LogP contribution in [-0.2, 0) is 16.1 Å². The number of Topliss-reactive ketones (excluding diaryl/α,β-unsaturated/α-hetero) is 1. The highest BCUT2D eigenvalue weighted by atomic mass is 19.1. The third-order valence-corrected chi connectivity index (χ3v) is 4.93. The van der Waals surface area contributed by atoms with E-state index >= 15 is 0 Å². The molecule has 148 valence electrons. The lowest BCUT2D eigenvalue weighted by molar-refractivity contribution is -0.135. The first-order valence-electron chi connectivity index (χ1n) is 9.19. The van der Waals surface area contributed by atoms with Gasteiger partial charge >= 0.3 is 5.97 Å². The normalized spacial score (nSPS) is 13.3. The molecule has 0 atom stereocenters. The first kappa shape index (κ1) is 19.8. The number of aromatic amines is 1. The van der Waals surface area contributed by atoms with Gasteiger partial charge in [0, 0.05) is 29.4 Å². The van der Waals surface area contributed by atoms with Gasteiger partial charge in [-0.05, 0) is 45.2 Å². The second-order valence-corrected chi connectivity index (χ2v) is 7.10. The van der Waals surface area contributed by atoms with E-state index in [1.807, 2.05) is 0 Å². The predicted molar refractivity (Wildman–Crippen MR) is 101 cm³/mol. The van der Waals surface area contributed by atoms with Crippen molar-refractivity contribution in [3.05, 3.63) is 58.2 Å². The number of rotatable bonds is 7. The number of carbonyl (C=O) groups is 3. The van der Waals surface area contributed by atoms with Gasteiger partial charge < -0.3 is 14.6 Å². The number of nitrogens with one attached hydrogen (secondary N) is 1. The number of aromatic nitrogens is 1. The van der Waals surface area contributed by atoms with Crippen molar-refractivity contribution in [3.63, 3.8) is 0 Å². The van der Waals surface area contributed by atoms with Crippen molar-refractivity contribution in [2.24, 2.45) is 0 Å². The van der Waals surface area contributed by atoms with Crippen molar-refractivity contribution in [1.29, 1.82) is 0 Å². The van der Waals surface area contributed by atoms with E-state index in [-0.39, 0.29) is 35.8 Å². The Balaban J connectivity index is 1.67. The summed E-state index contributed by atoms with van der Waals surface area (Å²) in [5, 5.41) is 0. The van der Waals surface area contributed by atoms with Crippen molar-refractivity contribution in [1.82, 2.24) is 9.88 Å². The molecular weight excluding hydrogens is 363 g/mol. The van der Waals surface area contributed by atoms with Crippen LogP contribution < -0.4 is 0 Å². The quantitative estimate of drug-likeness (QED) is 0.585. The lowest BCUT2D eigenvalue weighted by Crippen LogP contribution is -2.36. The van der Waals surface area contributed by atoms with E-state index in [0.717, 1.165) is 12.8 Å². The topological polar surface area (TPSA) is 79.5 Å². The maximum atomic E-state index is 13.9. The molecule has 0 unspecified atom stereocenters. The van der Waals surface area contributed by atoms with Crippen LogP contribution in [0.1, 0.15) is 57.4 Å². The van der Waals surface area contributed by atoms with Crippen LogP contribution in [0.4, 0.5) is 4.39 Å². The number of aryl methyl sites for hydroxylation is 1. The Morgan fingerprint density at radius 2 is 1.89 bits per heavy atom. The van der Waals surface area contributed by atoms with Crippen LogP contribution in [-0.4, -0.2) is 40.2 Å². The van der Waals surface area contributed by atoms with Crippen LogP contribution in [0, 0.1) is 19.7 Å². The summed E-state index contributed by atoms with van der Waals surface area (Å²) in [4.78, 5) is 41.1. The zero-order valence-corrected chi connectivity index (χ0v) is 16.2. The minimum atomic E-state index is -0.692. The molecule has 7 heteroatoms. The first-order chi connectivity index (χ1) is 13.3. The summed E-state index contributed by atoms with van der Waals surface area (Å²) in [5.74, 6) is -1.58. The minimum Gasteiger partial charge on any atom is -0.451 e. The number of ketones is 1. The highest BCUT2D eigenvalue weighted by molar-refractivity contribution is 6.01. The number of hydrogen-bond donors (Lipinski definition) is 1. The number of ether oxygens (including phenoxy) is 1. The maximum Gasteiger partial charge on any atom is 0.355 e. The molecule has 1 saturated carbocycles. The summed E-state index contributed by atoms with van der Waals surface area (Å²) in [7, 11) is 0. The molecule has 1 aliphatic rings. The molecule has 0 radical (unpaired) electrons. The Morgan fingerprint density at radius 3 is 2.46 bits per heavy atom. The average molecular weight is 386 g/mol. The smallest absolute Gasteiger partial charge is 0.355 e. The first-order valence-corrected chi connectivity index (χ1v) is 9.19. The summed E-state index contributed by atoms with van der Waals surface area (Å²) in [6.07, 6.45) is 1.70. The van der Waals surface area contributed by atoms with Crippen molar-refractivity contribution in [2.45, 2.75) is 46.2 Å². The van der Waals surface area contributed by atoms with Gasteiger partial charge in [-0.15, -0.1) is 0 Å². The molecule has 1 amide bonds. The summed E-state index contributed by atoms with van der Waals surface area (Å²) in [6.45, 7) is 4.50. The SMILES string of the molecule is CC(=O)c1c(C)[nH]c(C(=O)OCC(=O)N(Cc2ccccc2F)C2CC2)c1C. The Labute approximate surface area is 162 Å². The second-order valence-electron chi connectivity index (χ2n) is 7.10. The number of benzene rings is 1. The van der Waals surface area contributed by atoms with Crippen molar-refractivity contribution >= 4 is 17.7 Å². The zero-order valence-electron chi connectivity index (χ0n) is 16.2. The number of amides is 1. The molecule has 1 aromatic heterocycles. The van der Waals surface area contributed by atoms with Crippen LogP contribution in [0.5, 0.6) is 0 Å². The van der Waals surface area contributed by atoms with E-state index in [2.05, 4.69) is 4.98 Å². The van der Waals surface area contributed by atoms with Crippen molar-refractivity contribution in [3.8, 4) is 0 Å². The average Bonchev–Trinajstić information content (AvgIpc) is 3.43. The molecule has 0 spiro atoms. The van der Waals surface area contributed by atoms with Gasteiger partial charge in [-0.25, -0.2) is 9.18 Å². The summed E-state index contributed by atoms with van der Waals surface area (Å²) in [6, 6.07) is 6.35. The van der Waals surface area contributed by atoms with E-state index in [4.69, 9.17) is 4.74 Å². The van der Waals surface area contributed by atoms with Crippen LogP contribution in [0.2, 0.25) is 0 Å². The van der Waals surface area contributed by atoms with E-state index in [1.54, 1.807) is 36.9 Å². The van der Waals surface area contributed by atoms with Crippen LogP contribution in [0.25, 0.3) is 0 Å². The van der Waals surface area contributed by atoms with Crippen molar-refractivity contribution < 1.29 is 23.5 Å². The van der Waals surface area contributed by atoms with E-state index in [1.165, 1.54) is 13.0 Å². The number of esters is 1. The summed E-state index contributed by atoms with van der Waals surface area (Å²) in [5.41, 5.74) is 2.14. The molecule has 0 saturated heterocycles. The fourth-order valence-electron chi connectivity index (χ4n) is 3.38. The van der Waals surface area contributed by atoms with E-state index in [0.29, 0.717) is 22.4 Å². The Hall–Kier alpha value is -2.96. The molecule has 1 N–H and O–H groups in total. The fraction of sp³-hybridized carbons (Fsp3) is 0.381. The molecule has 3 rings (SSSR count). The zero-order chi connectivity index (χ0) is 20.4. The van der Waals surface area contributed by atoms with E-state index < -0.39 is 12.6 Å².